The molecular weight excluding hydrogens is 292 g/mol. The second-order valence-electron chi connectivity index (χ2n) is 4.49. The summed E-state index contributed by atoms with van der Waals surface area (Å²) >= 11 is 1.28. The molecule has 0 spiro atoms. The Balaban J connectivity index is 1.94. The minimum Gasteiger partial charge on any atom is -0.479 e. The molecule has 0 aliphatic rings. The molecule has 2 amide bonds. The SMILES string of the molecule is Cc1c(CNC(=O)NC(C(=O)O)c2cccs2)cnn1C. The van der Waals surface area contributed by atoms with Crippen LogP contribution in [-0.2, 0) is 18.4 Å². The summed E-state index contributed by atoms with van der Waals surface area (Å²) < 4.78 is 1.71. The van der Waals surface area contributed by atoms with Gasteiger partial charge in [0, 0.05) is 29.7 Å². The van der Waals surface area contributed by atoms with Crippen LogP contribution in [0, 0.1) is 6.92 Å². The minimum atomic E-state index is -1.09. The first-order valence-corrected chi connectivity index (χ1v) is 7.15. The van der Waals surface area contributed by atoms with Crippen LogP contribution in [0.2, 0.25) is 0 Å². The Morgan fingerprint density at radius 2 is 2.29 bits per heavy atom. The number of carboxylic acids is 1. The Labute approximate surface area is 125 Å². The number of thiophene rings is 1. The fourth-order valence-corrected chi connectivity index (χ4v) is 2.55. The summed E-state index contributed by atoms with van der Waals surface area (Å²) in [5.41, 5.74) is 1.83. The van der Waals surface area contributed by atoms with Crippen LogP contribution < -0.4 is 10.6 Å². The molecule has 112 valence electrons. The number of rotatable bonds is 5. The molecule has 0 aliphatic carbocycles. The van der Waals surface area contributed by atoms with E-state index in [1.165, 1.54) is 11.3 Å². The van der Waals surface area contributed by atoms with Gasteiger partial charge in [-0.25, -0.2) is 9.59 Å². The summed E-state index contributed by atoms with van der Waals surface area (Å²) in [4.78, 5) is 23.6. The van der Waals surface area contributed by atoms with Crippen LogP contribution in [0.4, 0.5) is 4.79 Å². The zero-order valence-corrected chi connectivity index (χ0v) is 12.5. The van der Waals surface area contributed by atoms with E-state index in [0.29, 0.717) is 11.4 Å². The third kappa shape index (κ3) is 3.60. The van der Waals surface area contributed by atoms with Gasteiger partial charge in [-0.2, -0.15) is 5.10 Å². The summed E-state index contributed by atoms with van der Waals surface area (Å²) in [7, 11) is 1.82. The van der Waals surface area contributed by atoms with Gasteiger partial charge in [0.2, 0.25) is 0 Å². The van der Waals surface area contributed by atoms with Crippen molar-refractivity contribution < 1.29 is 14.7 Å². The van der Waals surface area contributed by atoms with Crippen LogP contribution in [0.1, 0.15) is 22.2 Å². The molecule has 7 nitrogen and oxygen atoms in total. The number of aliphatic carboxylic acids is 1. The standard InChI is InChI=1S/C13H16N4O3S/c1-8-9(7-15-17(8)2)6-14-13(20)16-11(12(18)19)10-4-3-5-21-10/h3-5,7,11H,6H2,1-2H3,(H,18,19)(H2,14,16,20). The molecule has 2 heterocycles. The van der Waals surface area contributed by atoms with E-state index >= 15 is 0 Å². The molecule has 0 bridgehead atoms. The largest absolute Gasteiger partial charge is 0.479 e. The lowest BCUT2D eigenvalue weighted by molar-refractivity contribution is -0.139. The summed E-state index contributed by atoms with van der Waals surface area (Å²) in [6.07, 6.45) is 1.67. The van der Waals surface area contributed by atoms with Gasteiger partial charge in [-0.1, -0.05) is 6.07 Å². The zero-order valence-electron chi connectivity index (χ0n) is 11.7. The number of nitrogens with zero attached hydrogens (tertiary/aromatic N) is 2. The first-order valence-electron chi connectivity index (χ1n) is 6.27. The fourth-order valence-electron chi connectivity index (χ4n) is 1.79. The van der Waals surface area contributed by atoms with Gasteiger partial charge in [0.05, 0.1) is 6.20 Å². The number of carbonyl (C=O) groups is 2. The van der Waals surface area contributed by atoms with E-state index in [2.05, 4.69) is 15.7 Å². The van der Waals surface area contributed by atoms with Crippen molar-refractivity contribution in [1.29, 1.82) is 0 Å². The number of nitrogens with one attached hydrogen (secondary N) is 2. The summed E-state index contributed by atoms with van der Waals surface area (Å²) in [6, 6.07) is 1.85. The van der Waals surface area contributed by atoms with Crippen molar-refractivity contribution in [3.05, 3.63) is 39.8 Å². The lowest BCUT2D eigenvalue weighted by Gasteiger charge is -2.13. The maximum atomic E-state index is 11.8. The molecule has 0 radical (unpaired) electrons. The Morgan fingerprint density at radius 3 is 2.81 bits per heavy atom. The Bertz CT molecular complexity index is 636. The highest BCUT2D eigenvalue weighted by molar-refractivity contribution is 7.10. The predicted octanol–water partition coefficient (Wildman–Crippen LogP) is 1.42. The molecule has 8 heteroatoms. The fraction of sp³-hybridized carbons (Fsp3) is 0.308. The molecule has 1 atom stereocenters. The van der Waals surface area contributed by atoms with E-state index in [1.54, 1.807) is 28.4 Å². The zero-order chi connectivity index (χ0) is 15.4. The van der Waals surface area contributed by atoms with Crippen molar-refractivity contribution in [3.63, 3.8) is 0 Å². The maximum Gasteiger partial charge on any atom is 0.331 e. The number of urea groups is 1. The van der Waals surface area contributed by atoms with Crippen LogP contribution in [-0.4, -0.2) is 26.9 Å². The van der Waals surface area contributed by atoms with Gasteiger partial charge in [-0.05, 0) is 18.4 Å². The van der Waals surface area contributed by atoms with E-state index in [9.17, 15) is 14.7 Å². The van der Waals surface area contributed by atoms with E-state index in [4.69, 9.17) is 0 Å². The highest BCUT2D eigenvalue weighted by atomic mass is 32.1. The first-order chi connectivity index (χ1) is 9.99. The highest BCUT2D eigenvalue weighted by Gasteiger charge is 2.22. The number of carbonyl (C=O) groups excluding carboxylic acids is 1. The monoisotopic (exact) mass is 308 g/mol. The molecular formula is C13H16N4O3S. The molecule has 0 fully saturated rings. The number of aryl methyl sites for hydroxylation is 1. The predicted molar refractivity (Wildman–Crippen MR) is 78.0 cm³/mol. The van der Waals surface area contributed by atoms with Gasteiger partial charge in [-0.15, -0.1) is 11.3 Å². The molecule has 21 heavy (non-hydrogen) atoms. The first kappa shape index (κ1) is 15.0. The quantitative estimate of drug-likeness (QED) is 0.778. The molecule has 1 unspecified atom stereocenters. The third-order valence-electron chi connectivity index (χ3n) is 3.13. The van der Waals surface area contributed by atoms with E-state index in [0.717, 1.165) is 11.3 Å². The third-order valence-corrected chi connectivity index (χ3v) is 4.06. The second kappa shape index (κ2) is 6.40. The average Bonchev–Trinajstić information content (AvgIpc) is 3.06. The molecule has 2 rings (SSSR count). The molecule has 3 N–H and O–H groups in total. The van der Waals surface area contributed by atoms with Gasteiger partial charge >= 0.3 is 12.0 Å². The average molecular weight is 308 g/mol. The lowest BCUT2D eigenvalue weighted by Crippen LogP contribution is -2.40. The van der Waals surface area contributed by atoms with Crippen molar-refractivity contribution >= 4 is 23.3 Å². The van der Waals surface area contributed by atoms with Gasteiger partial charge < -0.3 is 15.7 Å². The van der Waals surface area contributed by atoms with Gasteiger partial charge in [0.25, 0.3) is 0 Å². The molecule has 0 aromatic carbocycles. The van der Waals surface area contributed by atoms with Crippen molar-refractivity contribution in [2.24, 2.45) is 7.05 Å². The highest BCUT2D eigenvalue weighted by Crippen LogP contribution is 2.19. The lowest BCUT2D eigenvalue weighted by atomic mass is 10.2. The Hall–Kier alpha value is -2.35. The summed E-state index contributed by atoms with van der Waals surface area (Å²) in [6.45, 7) is 2.19. The van der Waals surface area contributed by atoms with Crippen LogP contribution in [0.5, 0.6) is 0 Å². The van der Waals surface area contributed by atoms with Crippen LogP contribution in [0.3, 0.4) is 0 Å². The van der Waals surface area contributed by atoms with E-state index < -0.39 is 18.0 Å². The molecule has 0 saturated carbocycles. The molecule has 2 aromatic rings. The number of hydrogen-bond acceptors (Lipinski definition) is 4. The van der Waals surface area contributed by atoms with Gasteiger partial charge in [0.1, 0.15) is 0 Å². The summed E-state index contributed by atoms with van der Waals surface area (Å²) in [5.74, 6) is -1.09. The van der Waals surface area contributed by atoms with Crippen LogP contribution in [0.25, 0.3) is 0 Å². The van der Waals surface area contributed by atoms with Gasteiger partial charge in [0.15, 0.2) is 6.04 Å². The second-order valence-corrected chi connectivity index (χ2v) is 5.47. The minimum absolute atomic E-state index is 0.294. The Morgan fingerprint density at radius 1 is 1.52 bits per heavy atom. The van der Waals surface area contributed by atoms with Crippen molar-refractivity contribution in [2.45, 2.75) is 19.5 Å². The van der Waals surface area contributed by atoms with Crippen molar-refractivity contribution in [3.8, 4) is 0 Å². The van der Waals surface area contributed by atoms with E-state index in [1.807, 2.05) is 14.0 Å². The summed E-state index contributed by atoms with van der Waals surface area (Å²) in [5, 5.41) is 20.1. The van der Waals surface area contributed by atoms with Crippen LogP contribution in [0.15, 0.2) is 23.7 Å². The van der Waals surface area contributed by atoms with Gasteiger partial charge in [-0.3, -0.25) is 4.68 Å². The molecule has 0 saturated heterocycles. The van der Waals surface area contributed by atoms with Crippen molar-refractivity contribution in [2.75, 3.05) is 0 Å². The normalized spacial score (nSPS) is 11.9. The van der Waals surface area contributed by atoms with Crippen molar-refractivity contribution in [1.82, 2.24) is 20.4 Å². The van der Waals surface area contributed by atoms with E-state index in [-0.39, 0.29) is 0 Å². The van der Waals surface area contributed by atoms with Crippen LogP contribution >= 0.6 is 11.3 Å². The topological polar surface area (TPSA) is 96.2 Å². The number of amides is 2. The molecule has 2 aromatic heterocycles. The number of carboxylic acid groups (broad SMARTS) is 1. The number of hydrogen-bond donors (Lipinski definition) is 3. The number of aromatic nitrogens is 2. The Kier molecular flexibility index (Phi) is 4.59. The maximum absolute atomic E-state index is 11.8. The molecule has 0 aliphatic heterocycles. The smallest absolute Gasteiger partial charge is 0.331 e.